The van der Waals surface area contributed by atoms with Crippen molar-refractivity contribution in [2.45, 2.75) is 40.7 Å². The molecule has 0 aliphatic heterocycles. The summed E-state index contributed by atoms with van der Waals surface area (Å²) in [7, 11) is 1.87. The third kappa shape index (κ3) is 6.22. The summed E-state index contributed by atoms with van der Waals surface area (Å²) >= 11 is 0. The summed E-state index contributed by atoms with van der Waals surface area (Å²) in [6.07, 6.45) is 2.65. The quantitative estimate of drug-likeness (QED) is 0.623. The van der Waals surface area contributed by atoms with Crippen LogP contribution in [0.15, 0.2) is 11.3 Å². The van der Waals surface area contributed by atoms with Crippen LogP contribution in [-0.4, -0.2) is 33.8 Å². The summed E-state index contributed by atoms with van der Waals surface area (Å²) in [6, 6.07) is 0. The van der Waals surface area contributed by atoms with Gasteiger partial charge >= 0.3 is 0 Å². The number of rotatable bonds is 5. The fourth-order valence-corrected chi connectivity index (χ4v) is 1.51. The van der Waals surface area contributed by atoms with Crippen molar-refractivity contribution in [3.05, 3.63) is 12.2 Å². The molecule has 0 bridgehead atoms. The molecule has 1 aromatic rings. The largest absolute Gasteiger partial charge is 0.357 e. The Morgan fingerprint density at radius 3 is 2.63 bits per heavy atom. The molecule has 6 heteroatoms. The zero-order valence-electron chi connectivity index (χ0n) is 12.7. The Bertz CT molecular complexity index is 402. The van der Waals surface area contributed by atoms with E-state index in [-0.39, 0.29) is 0 Å². The monoisotopic (exact) mass is 266 g/mol. The van der Waals surface area contributed by atoms with E-state index in [1.54, 1.807) is 11.0 Å². The highest BCUT2D eigenvalue weighted by Crippen LogP contribution is 2.16. The highest BCUT2D eigenvalue weighted by atomic mass is 15.3. The van der Waals surface area contributed by atoms with Gasteiger partial charge in [-0.25, -0.2) is 9.98 Å². The molecule has 0 amide bonds. The fraction of sp³-hybridized carbons (Fsp3) is 0.769. The Morgan fingerprint density at radius 1 is 1.37 bits per heavy atom. The van der Waals surface area contributed by atoms with Crippen LogP contribution in [0.5, 0.6) is 0 Å². The summed E-state index contributed by atoms with van der Waals surface area (Å²) < 4.78 is 1.74. The number of aliphatic imine (C=N–C) groups is 1. The van der Waals surface area contributed by atoms with Crippen LogP contribution in [0.2, 0.25) is 0 Å². The van der Waals surface area contributed by atoms with Crippen molar-refractivity contribution in [1.82, 2.24) is 25.4 Å². The lowest BCUT2D eigenvalue weighted by Crippen LogP contribution is -2.38. The third-order valence-corrected chi connectivity index (χ3v) is 2.70. The van der Waals surface area contributed by atoms with Crippen molar-refractivity contribution in [3.63, 3.8) is 0 Å². The van der Waals surface area contributed by atoms with E-state index in [9.17, 15) is 0 Å². The van der Waals surface area contributed by atoms with Gasteiger partial charge in [0.25, 0.3) is 0 Å². The van der Waals surface area contributed by atoms with Crippen LogP contribution in [0, 0.1) is 5.41 Å². The minimum atomic E-state index is 0.327. The summed E-state index contributed by atoms with van der Waals surface area (Å²) in [5, 5.41) is 10.6. The molecule has 0 aliphatic rings. The molecule has 1 rings (SSSR count). The van der Waals surface area contributed by atoms with E-state index in [0.717, 1.165) is 31.3 Å². The Morgan fingerprint density at radius 2 is 2.11 bits per heavy atom. The maximum atomic E-state index is 4.51. The fourth-order valence-electron chi connectivity index (χ4n) is 1.51. The highest BCUT2D eigenvalue weighted by Gasteiger charge is 2.09. The molecule has 108 valence electrons. The smallest absolute Gasteiger partial charge is 0.191 e. The molecule has 0 aromatic carbocycles. The Kier molecular flexibility index (Phi) is 5.79. The van der Waals surface area contributed by atoms with Crippen LogP contribution in [0.25, 0.3) is 0 Å². The van der Waals surface area contributed by atoms with Gasteiger partial charge in [0, 0.05) is 20.1 Å². The molecule has 0 fully saturated rings. The zero-order valence-corrected chi connectivity index (χ0v) is 12.7. The van der Waals surface area contributed by atoms with Gasteiger partial charge in [-0.2, -0.15) is 5.10 Å². The topological polar surface area (TPSA) is 67.1 Å². The predicted molar refractivity (Wildman–Crippen MR) is 77.9 cm³/mol. The van der Waals surface area contributed by atoms with Crippen molar-refractivity contribution >= 4 is 5.96 Å². The molecule has 1 heterocycles. The first kappa shape index (κ1) is 15.5. The predicted octanol–water partition coefficient (Wildman–Crippen LogP) is 1.31. The second-order valence-electron chi connectivity index (χ2n) is 5.73. The van der Waals surface area contributed by atoms with Gasteiger partial charge in [0.2, 0.25) is 0 Å². The second-order valence-corrected chi connectivity index (χ2v) is 5.73. The summed E-state index contributed by atoms with van der Waals surface area (Å²) in [4.78, 5) is 8.66. The van der Waals surface area contributed by atoms with E-state index in [0.29, 0.717) is 12.0 Å². The van der Waals surface area contributed by atoms with Gasteiger partial charge in [-0.3, -0.25) is 4.68 Å². The van der Waals surface area contributed by atoms with E-state index in [1.807, 2.05) is 7.05 Å². The van der Waals surface area contributed by atoms with Crippen LogP contribution in [-0.2, 0) is 13.6 Å². The Balaban J connectivity index is 2.49. The standard InChI is InChI=1S/C13H26N6/c1-6-14-12(15-8-7-13(2,3)4)16-9-11-17-10-18-19(11)5/h10H,6-9H2,1-5H3,(H2,14,15,16). The molecule has 19 heavy (non-hydrogen) atoms. The van der Waals surface area contributed by atoms with Gasteiger partial charge in [0.05, 0.1) is 0 Å². The molecule has 6 nitrogen and oxygen atoms in total. The van der Waals surface area contributed by atoms with Gasteiger partial charge in [-0.15, -0.1) is 0 Å². The number of hydrogen-bond acceptors (Lipinski definition) is 3. The van der Waals surface area contributed by atoms with Crippen LogP contribution in [0.3, 0.4) is 0 Å². The van der Waals surface area contributed by atoms with Gasteiger partial charge < -0.3 is 10.6 Å². The van der Waals surface area contributed by atoms with E-state index in [1.165, 1.54) is 0 Å². The lowest BCUT2D eigenvalue weighted by molar-refractivity contribution is 0.377. The molecular formula is C13H26N6. The SMILES string of the molecule is CCNC(=NCc1ncnn1C)NCCC(C)(C)C. The van der Waals surface area contributed by atoms with Gasteiger partial charge in [-0.05, 0) is 18.8 Å². The highest BCUT2D eigenvalue weighted by molar-refractivity contribution is 5.79. The zero-order chi connectivity index (χ0) is 14.3. The number of hydrogen-bond donors (Lipinski definition) is 2. The molecule has 0 radical (unpaired) electrons. The van der Waals surface area contributed by atoms with Crippen LogP contribution >= 0.6 is 0 Å². The van der Waals surface area contributed by atoms with Gasteiger partial charge in [0.1, 0.15) is 18.7 Å². The van der Waals surface area contributed by atoms with E-state index in [4.69, 9.17) is 0 Å². The minimum absolute atomic E-state index is 0.327. The normalized spacial score (nSPS) is 12.6. The first-order chi connectivity index (χ1) is 8.92. The van der Waals surface area contributed by atoms with Crippen molar-refractivity contribution < 1.29 is 0 Å². The number of guanidine groups is 1. The number of aryl methyl sites for hydroxylation is 1. The molecule has 0 spiro atoms. The van der Waals surface area contributed by atoms with Crippen molar-refractivity contribution in [3.8, 4) is 0 Å². The molecule has 0 unspecified atom stereocenters. The Labute approximate surface area is 115 Å². The summed E-state index contributed by atoms with van der Waals surface area (Å²) in [5.41, 5.74) is 0.327. The average Bonchev–Trinajstić information content (AvgIpc) is 2.70. The minimum Gasteiger partial charge on any atom is -0.357 e. The molecular weight excluding hydrogens is 240 g/mol. The van der Waals surface area contributed by atoms with Crippen molar-refractivity contribution in [1.29, 1.82) is 0 Å². The Hall–Kier alpha value is -1.59. The first-order valence-electron chi connectivity index (χ1n) is 6.77. The van der Waals surface area contributed by atoms with Crippen LogP contribution < -0.4 is 10.6 Å². The maximum Gasteiger partial charge on any atom is 0.191 e. The van der Waals surface area contributed by atoms with E-state index in [2.05, 4.69) is 53.4 Å². The molecule has 0 atom stereocenters. The lowest BCUT2D eigenvalue weighted by atomic mass is 9.92. The number of nitrogens with zero attached hydrogens (tertiary/aromatic N) is 4. The molecule has 0 saturated carbocycles. The summed E-state index contributed by atoms with van der Waals surface area (Å²) in [5.74, 6) is 1.68. The van der Waals surface area contributed by atoms with E-state index < -0.39 is 0 Å². The third-order valence-electron chi connectivity index (χ3n) is 2.70. The number of aromatic nitrogens is 3. The molecule has 1 aromatic heterocycles. The average molecular weight is 266 g/mol. The van der Waals surface area contributed by atoms with Gasteiger partial charge in [0.15, 0.2) is 5.96 Å². The van der Waals surface area contributed by atoms with E-state index >= 15 is 0 Å². The van der Waals surface area contributed by atoms with Crippen molar-refractivity contribution in [2.24, 2.45) is 17.5 Å². The second kappa shape index (κ2) is 7.11. The lowest BCUT2D eigenvalue weighted by Gasteiger charge is -2.19. The van der Waals surface area contributed by atoms with Gasteiger partial charge in [-0.1, -0.05) is 20.8 Å². The molecule has 0 saturated heterocycles. The maximum absolute atomic E-state index is 4.51. The van der Waals surface area contributed by atoms with Crippen LogP contribution in [0.4, 0.5) is 0 Å². The van der Waals surface area contributed by atoms with Crippen LogP contribution in [0.1, 0.15) is 39.9 Å². The molecule has 0 aliphatic carbocycles. The molecule has 2 N–H and O–H groups in total. The van der Waals surface area contributed by atoms with Crippen molar-refractivity contribution in [2.75, 3.05) is 13.1 Å². The first-order valence-corrected chi connectivity index (χ1v) is 6.77. The number of nitrogens with one attached hydrogen (secondary N) is 2. The summed E-state index contributed by atoms with van der Waals surface area (Å²) in [6.45, 7) is 11.0.